The summed E-state index contributed by atoms with van der Waals surface area (Å²) in [6.07, 6.45) is 0.221. The molecule has 10 heavy (non-hydrogen) atoms. The maximum Gasteiger partial charge on any atom is 0.306 e. The van der Waals surface area contributed by atoms with Gasteiger partial charge in [0.05, 0.1) is 13.5 Å². The Bertz CT molecular complexity index is 121. The van der Waals surface area contributed by atoms with Crippen LogP contribution in [0.5, 0.6) is 0 Å². The maximum atomic E-state index is 10.4. The fraction of sp³-hybridized carbons (Fsp3) is 0.600. The summed E-state index contributed by atoms with van der Waals surface area (Å²) in [7, 11) is 1.28. The summed E-state index contributed by atoms with van der Waals surface area (Å²) in [4.78, 5) is 20.8. The van der Waals surface area contributed by atoms with E-state index in [2.05, 4.69) is 22.3 Å². The van der Waals surface area contributed by atoms with Gasteiger partial charge in [0.15, 0.2) is 0 Å². The molecule has 0 radical (unpaired) electrons. The largest absolute Gasteiger partial charge is 0.469 e. The van der Waals surface area contributed by atoms with Gasteiger partial charge >= 0.3 is 5.97 Å². The van der Waals surface area contributed by atoms with Crippen molar-refractivity contribution in [2.45, 2.75) is 12.8 Å². The van der Waals surface area contributed by atoms with Gasteiger partial charge in [0, 0.05) is 6.42 Å². The molecule has 4 nitrogen and oxygen atoms in total. The third-order valence-corrected chi connectivity index (χ3v) is 1.16. The van der Waals surface area contributed by atoms with E-state index in [0.717, 1.165) is 0 Å². The molecule has 58 valence electrons. The first-order chi connectivity index (χ1) is 4.70. The van der Waals surface area contributed by atoms with Gasteiger partial charge in [0.25, 0.3) is 0 Å². The van der Waals surface area contributed by atoms with Crippen LogP contribution in [0.15, 0.2) is 0 Å². The van der Waals surface area contributed by atoms with Crippen molar-refractivity contribution < 1.29 is 14.3 Å². The summed E-state index contributed by atoms with van der Waals surface area (Å²) >= 11 is 3.50. The molecule has 0 aliphatic heterocycles. The molecule has 0 aromatic carbocycles. The number of nitrogens with one attached hydrogen (secondary N) is 1. The molecule has 0 atom stereocenters. The molecule has 0 aromatic heterocycles. The van der Waals surface area contributed by atoms with E-state index in [1.165, 1.54) is 7.11 Å². The average Bonchev–Trinajstić information content (AvgIpc) is 1.99. The predicted octanol–water partition coefficient (Wildman–Crippen LogP) is -0.0994. The molecule has 0 aromatic rings. The molecular weight excluding hydrogens is 154 g/mol. The zero-order valence-corrected chi connectivity index (χ0v) is 6.48. The molecule has 5 heteroatoms. The van der Waals surface area contributed by atoms with Crippen LogP contribution in [-0.4, -0.2) is 19.0 Å². The minimum Gasteiger partial charge on any atom is -0.469 e. The van der Waals surface area contributed by atoms with E-state index in [1.54, 1.807) is 0 Å². The first-order valence-corrected chi connectivity index (χ1v) is 3.15. The second-order valence-electron chi connectivity index (χ2n) is 1.61. The van der Waals surface area contributed by atoms with Crippen LogP contribution in [0.1, 0.15) is 12.8 Å². The molecule has 0 heterocycles. The highest BCUT2D eigenvalue weighted by Crippen LogP contribution is 1.91. The quantitative estimate of drug-likeness (QED) is 0.451. The highest BCUT2D eigenvalue weighted by molar-refractivity contribution is 7.78. The number of hydrogen-bond acceptors (Lipinski definition) is 4. The van der Waals surface area contributed by atoms with E-state index in [9.17, 15) is 9.59 Å². The molecule has 0 unspecified atom stereocenters. The van der Waals surface area contributed by atoms with Crippen LogP contribution in [0.2, 0.25) is 0 Å². The lowest BCUT2D eigenvalue weighted by molar-refractivity contribution is -0.141. The molecule has 0 aliphatic carbocycles. The second-order valence-corrected chi connectivity index (χ2v) is 1.83. The van der Waals surface area contributed by atoms with Gasteiger partial charge in [-0.05, 0) is 0 Å². The van der Waals surface area contributed by atoms with Crippen molar-refractivity contribution in [2.75, 3.05) is 7.11 Å². The average molecular weight is 163 g/mol. The van der Waals surface area contributed by atoms with Crippen LogP contribution in [-0.2, 0) is 14.3 Å². The minimum atomic E-state index is -0.392. The van der Waals surface area contributed by atoms with E-state index in [-0.39, 0.29) is 18.7 Å². The lowest BCUT2D eigenvalue weighted by Crippen LogP contribution is -2.14. The lowest BCUT2D eigenvalue weighted by Gasteiger charge is -1.96. The molecule has 1 N–H and O–H groups in total. The van der Waals surface area contributed by atoms with Gasteiger partial charge in [-0.15, -0.1) is 0 Å². The molecule has 0 aliphatic rings. The first-order valence-electron chi connectivity index (χ1n) is 2.70. The molecule has 0 rings (SSSR count). The fourth-order valence-corrected chi connectivity index (χ4v) is 0.485. The molecule has 0 spiro atoms. The molecule has 0 saturated carbocycles. The summed E-state index contributed by atoms with van der Waals surface area (Å²) in [5.74, 6) is -0.675. The topological polar surface area (TPSA) is 55.4 Å². The van der Waals surface area contributed by atoms with Crippen LogP contribution in [0.4, 0.5) is 0 Å². The number of thiol groups is 1. The van der Waals surface area contributed by atoms with Gasteiger partial charge < -0.3 is 9.46 Å². The van der Waals surface area contributed by atoms with E-state index < -0.39 is 5.97 Å². The Morgan fingerprint density at radius 1 is 1.50 bits per heavy atom. The Kier molecular flexibility index (Phi) is 4.74. The number of hydrogen-bond donors (Lipinski definition) is 2. The Morgan fingerprint density at radius 2 is 2.10 bits per heavy atom. The SMILES string of the molecule is COC(=O)CCC(=O)NS. The number of carbonyl (C=O) groups excluding carboxylic acids is 2. The van der Waals surface area contributed by atoms with E-state index in [1.807, 2.05) is 0 Å². The van der Waals surface area contributed by atoms with Gasteiger partial charge in [-0.1, -0.05) is 12.8 Å². The molecular formula is C5H9NO3S. The monoisotopic (exact) mass is 163 g/mol. The third-order valence-electron chi connectivity index (χ3n) is 0.909. The molecule has 0 bridgehead atoms. The minimum absolute atomic E-state index is 0.100. The summed E-state index contributed by atoms with van der Waals surface area (Å²) in [5, 5.41) is 0. The number of ether oxygens (including phenoxy) is 1. The van der Waals surface area contributed by atoms with Crippen LogP contribution in [0.3, 0.4) is 0 Å². The molecule has 0 saturated heterocycles. The van der Waals surface area contributed by atoms with Crippen molar-refractivity contribution in [3.05, 3.63) is 0 Å². The maximum absolute atomic E-state index is 10.4. The van der Waals surface area contributed by atoms with Gasteiger partial charge in [0.1, 0.15) is 0 Å². The van der Waals surface area contributed by atoms with Crippen molar-refractivity contribution in [1.29, 1.82) is 0 Å². The Labute approximate surface area is 64.5 Å². The Hall–Kier alpha value is -0.710. The standard InChI is InChI=1S/C5H9NO3S/c1-9-5(8)3-2-4(7)6-10/h10H,2-3H2,1H3,(H,6,7). The van der Waals surface area contributed by atoms with Gasteiger partial charge in [-0.2, -0.15) is 0 Å². The zero-order chi connectivity index (χ0) is 7.98. The van der Waals surface area contributed by atoms with Crippen molar-refractivity contribution in [2.24, 2.45) is 0 Å². The lowest BCUT2D eigenvalue weighted by atomic mass is 10.3. The number of carbonyl (C=O) groups is 2. The second kappa shape index (κ2) is 5.10. The normalized spacial score (nSPS) is 8.60. The molecule has 1 amide bonds. The number of rotatable bonds is 3. The van der Waals surface area contributed by atoms with Crippen molar-refractivity contribution in [3.63, 3.8) is 0 Å². The number of esters is 1. The van der Waals surface area contributed by atoms with Crippen LogP contribution < -0.4 is 4.72 Å². The van der Waals surface area contributed by atoms with E-state index in [0.29, 0.717) is 0 Å². The highest BCUT2D eigenvalue weighted by atomic mass is 32.1. The van der Waals surface area contributed by atoms with Crippen molar-refractivity contribution in [1.82, 2.24) is 4.72 Å². The number of amides is 1. The fourth-order valence-electron chi connectivity index (χ4n) is 0.374. The summed E-state index contributed by atoms with van der Waals surface area (Å²) in [6.45, 7) is 0. The van der Waals surface area contributed by atoms with Crippen LogP contribution in [0.25, 0.3) is 0 Å². The van der Waals surface area contributed by atoms with E-state index >= 15 is 0 Å². The first kappa shape index (κ1) is 9.29. The smallest absolute Gasteiger partial charge is 0.306 e. The summed E-state index contributed by atoms with van der Waals surface area (Å²) < 4.78 is 6.39. The van der Waals surface area contributed by atoms with Crippen LogP contribution in [0, 0.1) is 0 Å². The van der Waals surface area contributed by atoms with Crippen molar-refractivity contribution >= 4 is 24.7 Å². The highest BCUT2D eigenvalue weighted by Gasteiger charge is 2.03. The van der Waals surface area contributed by atoms with Crippen LogP contribution >= 0.6 is 12.8 Å². The third kappa shape index (κ3) is 4.20. The number of methoxy groups -OCH3 is 1. The van der Waals surface area contributed by atoms with Gasteiger partial charge in [0.2, 0.25) is 5.91 Å². The summed E-state index contributed by atoms with van der Waals surface area (Å²) in [5.41, 5.74) is 0. The van der Waals surface area contributed by atoms with Gasteiger partial charge in [-0.3, -0.25) is 9.59 Å². The predicted molar refractivity (Wildman–Crippen MR) is 38.4 cm³/mol. The zero-order valence-electron chi connectivity index (χ0n) is 5.59. The Morgan fingerprint density at radius 3 is 2.50 bits per heavy atom. The van der Waals surface area contributed by atoms with Crippen molar-refractivity contribution in [3.8, 4) is 0 Å². The Balaban J connectivity index is 3.35. The van der Waals surface area contributed by atoms with E-state index in [4.69, 9.17) is 0 Å². The molecule has 0 fully saturated rings. The van der Waals surface area contributed by atoms with Gasteiger partial charge in [-0.25, -0.2) is 0 Å². The summed E-state index contributed by atoms with van der Waals surface area (Å²) in [6, 6.07) is 0.